The quantitative estimate of drug-likeness (QED) is 0.890. The maximum Gasteiger partial charge on any atom is 0.309 e. The molecular formula is C13H13FO3. The van der Waals surface area contributed by atoms with Crippen molar-refractivity contribution in [2.75, 3.05) is 0 Å². The van der Waals surface area contributed by atoms with Crippen molar-refractivity contribution >= 4 is 16.9 Å². The molecule has 2 rings (SSSR count). The molecule has 1 heterocycles. The number of fused-ring (bicyclic) bond motifs is 1. The van der Waals surface area contributed by atoms with Gasteiger partial charge in [-0.2, -0.15) is 0 Å². The normalized spacial score (nSPS) is 11.9. The van der Waals surface area contributed by atoms with E-state index < -0.39 is 17.2 Å². The summed E-state index contributed by atoms with van der Waals surface area (Å²) >= 11 is 0. The van der Waals surface area contributed by atoms with E-state index in [1.165, 1.54) is 12.3 Å². The number of hydrogen-bond donors (Lipinski definition) is 1. The lowest BCUT2D eigenvalue weighted by molar-refractivity contribution is -0.146. The number of carbonyl (C=O) groups is 1. The van der Waals surface area contributed by atoms with E-state index >= 15 is 0 Å². The van der Waals surface area contributed by atoms with Gasteiger partial charge in [-0.25, -0.2) is 4.39 Å². The number of hydrogen-bond acceptors (Lipinski definition) is 2. The van der Waals surface area contributed by atoms with Crippen LogP contribution >= 0.6 is 0 Å². The lowest BCUT2D eigenvalue weighted by Crippen LogP contribution is -2.26. The van der Waals surface area contributed by atoms with Gasteiger partial charge in [-0.1, -0.05) is 0 Å². The maximum absolute atomic E-state index is 13.7. The summed E-state index contributed by atoms with van der Waals surface area (Å²) in [6.45, 7) is 3.16. The molecule has 0 unspecified atom stereocenters. The molecule has 0 aliphatic rings. The fraction of sp³-hybridized carbons (Fsp3) is 0.308. The third-order valence-electron chi connectivity index (χ3n) is 2.83. The zero-order chi connectivity index (χ0) is 12.6. The molecule has 0 aliphatic carbocycles. The second kappa shape index (κ2) is 3.87. The van der Waals surface area contributed by atoms with Gasteiger partial charge in [-0.15, -0.1) is 0 Å². The van der Waals surface area contributed by atoms with Gasteiger partial charge in [0.2, 0.25) is 0 Å². The molecular weight excluding hydrogens is 223 g/mol. The monoisotopic (exact) mass is 236 g/mol. The molecule has 4 heteroatoms. The van der Waals surface area contributed by atoms with Crippen molar-refractivity contribution in [3.8, 4) is 0 Å². The van der Waals surface area contributed by atoms with Crippen LogP contribution in [-0.2, 0) is 11.2 Å². The standard InChI is InChI=1S/C13H13FO3/c1-13(2,12(15)16)7-9-5-8-3-4-17-11(8)6-10(9)14/h3-6H,7H2,1-2H3,(H,15,16). The number of furan rings is 1. The van der Waals surface area contributed by atoms with Gasteiger partial charge in [-0.3, -0.25) is 4.79 Å². The Morgan fingerprint density at radius 2 is 2.18 bits per heavy atom. The Morgan fingerprint density at radius 3 is 2.82 bits per heavy atom. The van der Waals surface area contributed by atoms with E-state index in [-0.39, 0.29) is 6.42 Å². The minimum Gasteiger partial charge on any atom is -0.481 e. The molecule has 17 heavy (non-hydrogen) atoms. The Kier molecular flexibility index (Phi) is 2.65. The Labute approximate surface area is 97.9 Å². The lowest BCUT2D eigenvalue weighted by Gasteiger charge is -2.19. The summed E-state index contributed by atoms with van der Waals surface area (Å²) in [4.78, 5) is 11.0. The van der Waals surface area contributed by atoms with Crippen LogP contribution in [-0.4, -0.2) is 11.1 Å². The van der Waals surface area contributed by atoms with Gasteiger partial charge in [0.05, 0.1) is 11.7 Å². The van der Waals surface area contributed by atoms with Crippen LogP contribution in [0.25, 0.3) is 11.0 Å². The van der Waals surface area contributed by atoms with Crippen molar-refractivity contribution in [1.29, 1.82) is 0 Å². The third-order valence-corrected chi connectivity index (χ3v) is 2.83. The fourth-order valence-corrected chi connectivity index (χ4v) is 1.72. The van der Waals surface area contributed by atoms with Gasteiger partial charge in [0.1, 0.15) is 11.4 Å². The van der Waals surface area contributed by atoms with Gasteiger partial charge < -0.3 is 9.52 Å². The smallest absolute Gasteiger partial charge is 0.309 e. The summed E-state index contributed by atoms with van der Waals surface area (Å²) in [5.74, 6) is -1.37. The highest BCUT2D eigenvalue weighted by Gasteiger charge is 2.28. The van der Waals surface area contributed by atoms with Crippen LogP contribution in [0.5, 0.6) is 0 Å². The van der Waals surface area contributed by atoms with E-state index in [1.807, 2.05) is 0 Å². The maximum atomic E-state index is 13.7. The van der Waals surface area contributed by atoms with Crippen LogP contribution < -0.4 is 0 Å². The van der Waals surface area contributed by atoms with Crippen molar-refractivity contribution < 1.29 is 18.7 Å². The topological polar surface area (TPSA) is 50.4 Å². The van der Waals surface area contributed by atoms with Crippen molar-refractivity contribution in [1.82, 2.24) is 0 Å². The van der Waals surface area contributed by atoms with Crippen molar-refractivity contribution in [3.05, 3.63) is 35.8 Å². The summed E-state index contributed by atoms with van der Waals surface area (Å²) in [7, 11) is 0. The zero-order valence-electron chi connectivity index (χ0n) is 9.66. The Balaban J connectivity index is 2.41. The molecule has 0 radical (unpaired) electrons. The van der Waals surface area contributed by atoms with Crippen molar-refractivity contribution in [2.24, 2.45) is 5.41 Å². The van der Waals surface area contributed by atoms with E-state index in [4.69, 9.17) is 9.52 Å². The Hall–Kier alpha value is -1.84. The van der Waals surface area contributed by atoms with E-state index in [0.717, 1.165) is 5.39 Å². The summed E-state index contributed by atoms with van der Waals surface area (Å²) in [6, 6.07) is 4.66. The molecule has 0 fully saturated rings. The van der Waals surface area contributed by atoms with E-state index in [2.05, 4.69) is 0 Å². The fourth-order valence-electron chi connectivity index (χ4n) is 1.72. The summed E-state index contributed by atoms with van der Waals surface area (Å²) in [5.41, 5.74) is -0.121. The second-order valence-electron chi connectivity index (χ2n) is 4.77. The summed E-state index contributed by atoms with van der Waals surface area (Å²) < 4.78 is 18.8. The number of aliphatic carboxylic acids is 1. The molecule has 90 valence electrons. The first-order valence-electron chi connectivity index (χ1n) is 5.29. The lowest BCUT2D eigenvalue weighted by atomic mass is 9.85. The van der Waals surface area contributed by atoms with Crippen LogP contribution in [0, 0.1) is 11.2 Å². The molecule has 0 bridgehead atoms. The first kappa shape index (κ1) is 11.6. The van der Waals surface area contributed by atoms with Crippen LogP contribution in [0.4, 0.5) is 4.39 Å². The van der Waals surface area contributed by atoms with E-state index in [0.29, 0.717) is 11.1 Å². The first-order valence-corrected chi connectivity index (χ1v) is 5.29. The van der Waals surface area contributed by atoms with Crippen LogP contribution in [0.3, 0.4) is 0 Å². The number of carboxylic acids is 1. The molecule has 0 saturated carbocycles. The highest BCUT2D eigenvalue weighted by atomic mass is 19.1. The van der Waals surface area contributed by atoms with Gasteiger partial charge in [0.25, 0.3) is 0 Å². The molecule has 2 aromatic rings. The van der Waals surface area contributed by atoms with Crippen LogP contribution in [0.15, 0.2) is 28.9 Å². The van der Waals surface area contributed by atoms with Crippen LogP contribution in [0.1, 0.15) is 19.4 Å². The highest BCUT2D eigenvalue weighted by molar-refractivity contribution is 5.79. The third kappa shape index (κ3) is 2.16. The molecule has 1 aromatic carbocycles. The molecule has 0 spiro atoms. The number of rotatable bonds is 3. The Bertz CT molecular complexity index is 569. The molecule has 0 saturated heterocycles. The van der Waals surface area contributed by atoms with Crippen molar-refractivity contribution in [3.63, 3.8) is 0 Å². The number of benzene rings is 1. The van der Waals surface area contributed by atoms with E-state index in [9.17, 15) is 9.18 Å². The molecule has 1 aromatic heterocycles. The number of halogens is 1. The minimum atomic E-state index is -0.988. The molecule has 1 N–H and O–H groups in total. The van der Waals surface area contributed by atoms with Crippen LogP contribution in [0.2, 0.25) is 0 Å². The Morgan fingerprint density at radius 1 is 1.47 bits per heavy atom. The molecule has 3 nitrogen and oxygen atoms in total. The highest BCUT2D eigenvalue weighted by Crippen LogP contribution is 2.27. The zero-order valence-corrected chi connectivity index (χ0v) is 9.66. The summed E-state index contributed by atoms with van der Waals surface area (Å²) in [5, 5.41) is 9.81. The van der Waals surface area contributed by atoms with Gasteiger partial charge >= 0.3 is 5.97 Å². The predicted molar refractivity (Wildman–Crippen MR) is 61.3 cm³/mol. The first-order chi connectivity index (χ1) is 7.90. The van der Waals surface area contributed by atoms with E-state index in [1.54, 1.807) is 26.0 Å². The van der Waals surface area contributed by atoms with Gasteiger partial charge in [-0.05, 0) is 38.0 Å². The minimum absolute atomic E-state index is 0.148. The largest absolute Gasteiger partial charge is 0.481 e. The summed E-state index contributed by atoms with van der Waals surface area (Å²) in [6.07, 6.45) is 1.63. The average Bonchev–Trinajstić information content (AvgIpc) is 2.64. The predicted octanol–water partition coefficient (Wildman–Crippen LogP) is 3.23. The molecule has 0 atom stereocenters. The average molecular weight is 236 g/mol. The molecule has 0 aliphatic heterocycles. The molecule has 0 amide bonds. The second-order valence-corrected chi connectivity index (χ2v) is 4.77. The SMILES string of the molecule is CC(C)(Cc1cc2ccoc2cc1F)C(=O)O. The van der Waals surface area contributed by atoms with Gasteiger partial charge in [0, 0.05) is 11.5 Å². The number of carboxylic acid groups (broad SMARTS) is 1. The van der Waals surface area contributed by atoms with Gasteiger partial charge in [0.15, 0.2) is 0 Å². The van der Waals surface area contributed by atoms with Crippen molar-refractivity contribution in [2.45, 2.75) is 20.3 Å².